The maximum Gasteiger partial charge on any atom is 0.220 e. The van der Waals surface area contributed by atoms with Gasteiger partial charge in [-0.25, -0.2) is 9.37 Å². The summed E-state index contributed by atoms with van der Waals surface area (Å²) in [7, 11) is 0. The molecule has 0 bridgehead atoms. The van der Waals surface area contributed by atoms with Gasteiger partial charge in [0.05, 0.1) is 4.47 Å². The van der Waals surface area contributed by atoms with Gasteiger partial charge in [0.1, 0.15) is 11.6 Å². The molecule has 20 heavy (non-hydrogen) atoms. The van der Waals surface area contributed by atoms with E-state index in [0.29, 0.717) is 21.5 Å². The monoisotopic (exact) mass is 339 g/mol. The quantitative estimate of drug-likeness (QED) is 0.389. The second kappa shape index (κ2) is 5.87. The van der Waals surface area contributed by atoms with Gasteiger partial charge in [-0.05, 0) is 41.1 Å². The zero-order chi connectivity index (χ0) is 14.7. The van der Waals surface area contributed by atoms with Gasteiger partial charge in [0.2, 0.25) is 5.88 Å². The van der Waals surface area contributed by atoms with Crippen molar-refractivity contribution in [2.24, 2.45) is 10.9 Å². The molecular formula is C13H11BrFN3O2. The molecule has 0 aliphatic rings. The Morgan fingerprint density at radius 2 is 2.15 bits per heavy atom. The molecule has 1 heterocycles. The van der Waals surface area contributed by atoms with Gasteiger partial charge >= 0.3 is 0 Å². The zero-order valence-corrected chi connectivity index (χ0v) is 12.1. The van der Waals surface area contributed by atoms with Crippen molar-refractivity contribution < 1.29 is 14.3 Å². The average molecular weight is 340 g/mol. The van der Waals surface area contributed by atoms with Crippen LogP contribution in [-0.2, 0) is 0 Å². The maximum absolute atomic E-state index is 13.4. The third-order valence-corrected chi connectivity index (χ3v) is 3.09. The molecule has 0 atom stereocenters. The number of benzene rings is 1. The summed E-state index contributed by atoms with van der Waals surface area (Å²) < 4.78 is 19.2. The fourth-order valence-corrected chi connectivity index (χ4v) is 1.80. The van der Waals surface area contributed by atoms with Crippen molar-refractivity contribution in [3.63, 3.8) is 0 Å². The number of nitrogens with zero attached hydrogens (tertiary/aromatic N) is 2. The molecule has 0 saturated carbocycles. The van der Waals surface area contributed by atoms with E-state index in [2.05, 4.69) is 26.1 Å². The van der Waals surface area contributed by atoms with Crippen LogP contribution in [0.5, 0.6) is 11.6 Å². The van der Waals surface area contributed by atoms with Gasteiger partial charge in [-0.15, -0.1) is 0 Å². The van der Waals surface area contributed by atoms with Gasteiger partial charge in [0, 0.05) is 23.4 Å². The van der Waals surface area contributed by atoms with Gasteiger partial charge in [0.25, 0.3) is 0 Å². The number of pyridine rings is 1. The Bertz CT molecular complexity index is 677. The highest BCUT2D eigenvalue weighted by Crippen LogP contribution is 2.25. The minimum absolute atomic E-state index is 0.0534. The van der Waals surface area contributed by atoms with Crippen molar-refractivity contribution in [2.75, 3.05) is 0 Å². The van der Waals surface area contributed by atoms with Crippen LogP contribution < -0.4 is 10.5 Å². The van der Waals surface area contributed by atoms with Crippen molar-refractivity contribution in [1.29, 1.82) is 0 Å². The van der Waals surface area contributed by atoms with Crippen molar-refractivity contribution in [1.82, 2.24) is 4.98 Å². The van der Waals surface area contributed by atoms with Crippen LogP contribution >= 0.6 is 15.9 Å². The SMILES string of the molecule is Cc1cc(/C(N)=N/O)cc(Oc2ccc(Br)c(F)c2)n1. The van der Waals surface area contributed by atoms with Crippen LogP contribution in [0.4, 0.5) is 4.39 Å². The van der Waals surface area contributed by atoms with Crippen LogP contribution in [0.15, 0.2) is 40.0 Å². The molecule has 7 heteroatoms. The topological polar surface area (TPSA) is 80.7 Å². The number of aryl methyl sites for hydroxylation is 1. The summed E-state index contributed by atoms with van der Waals surface area (Å²) in [5, 5.41) is 11.6. The standard InChI is InChI=1S/C13H11BrFN3O2/c1-7-4-8(13(16)18-19)5-12(17-7)20-9-2-3-10(14)11(15)6-9/h2-6,19H,1H3,(H2,16,18). The molecule has 0 aliphatic heterocycles. The van der Waals surface area contributed by atoms with E-state index in [4.69, 9.17) is 15.7 Å². The van der Waals surface area contributed by atoms with E-state index in [1.165, 1.54) is 18.2 Å². The van der Waals surface area contributed by atoms with E-state index in [-0.39, 0.29) is 11.7 Å². The fourth-order valence-electron chi connectivity index (χ4n) is 1.56. The van der Waals surface area contributed by atoms with Gasteiger partial charge in [-0.3, -0.25) is 0 Å². The minimum atomic E-state index is -0.438. The number of hydrogen-bond acceptors (Lipinski definition) is 4. The number of oxime groups is 1. The highest BCUT2D eigenvalue weighted by Gasteiger charge is 2.08. The first-order valence-electron chi connectivity index (χ1n) is 5.59. The van der Waals surface area contributed by atoms with E-state index in [0.717, 1.165) is 0 Å². The lowest BCUT2D eigenvalue weighted by atomic mass is 10.2. The molecule has 1 aromatic carbocycles. The van der Waals surface area contributed by atoms with Gasteiger partial charge in [-0.2, -0.15) is 0 Å². The van der Waals surface area contributed by atoms with Gasteiger partial charge in [0.15, 0.2) is 5.84 Å². The maximum atomic E-state index is 13.4. The number of amidine groups is 1. The fraction of sp³-hybridized carbons (Fsp3) is 0.0769. The van der Waals surface area contributed by atoms with Crippen LogP contribution in [0.25, 0.3) is 0 Å². The van der Waals surface area contributed by atoms with Crippen molar-refractivity contribution in [3.8, 4) is 11.6 Å². The third kappa shape index (κ3) is 3.24. The lowest BCUT2D eigenvalue weighted by Crippen LogP contribution is -2.13. The highest BCUT2D eigenvalue weighted by molar-refractivity contribution is 9.10. The first-order valence-corrected chi connectivity index (χ1v) is 6.38. The summed E-state index contributed by atoms with van der Waals surface area (Å²) >= 11 is 3.06. The van der Waals surface area contributed by atoms with E-state index in [9.17, 15) is 4.39 Å². The zero-order valence-electron chi connectivity index (χ0n) is 10.5. The van der Waals surface area contributed by atoms with Crippen LogP contribution in [0, 0.1) is 12.7 Å². The highest BCUT2D eigenvalue weighted by atomic mass is 79.9. The summed E-state index contributed by atoms with van der Waals surface area (Å²) in [6, 6.07) is 7.51. The van der Waals surface area contributed by atoms with E-state index < -0.39 is 5.82 Å². The van der Waals surface area contributed by atoms with E-state index in [1.807, 2.05) is 0 Å². The first-order chi connectivity index (χ1) is 9.49. The Labute approximate surface area is 123 Å². The molecule has 3 N–H and O–H groups in total. The largest absolute Gasteiger partial charge is 0.439 e. The van der Waals surface area contributed by atoms with E-state index >= 15 is 0 Å². The Morgan fingerprint density at radius 3 is 2.80 bits per heavy atom. The Kier molecular flexibility index (Phi) is 4.19. The molecule has 2 rings (SSSR count). The first kappa shape index (κ1) is 14.3. The molecule has 1 aromatic heterocycles. The summed E-state index contributed by atoms with van der Waals surface area (Å²) in [4.78, 5) is 4.15. The summed E-state index contributed by atoms with van der Waals surface area (Å²) in [5.41, 5.74) is 6.61. The minimum Gasteiger partial charge on any atom is -0.439 e. The van der Waals surface area contributed by atoms with Crippen LogP contribution in [0.2, 0.25) is 0 Å². The number of ether oxygens (including phenoxy) is 1. The summed E-state index contributed by atoms with van der Waals surface area (Å²) in [5.74, 6) is 0.0386. The third-order valence-electron chi connectivity index (χ3n) is 2.45. The van der Waals surface area contributed by atoms with Crippen LogP contribution in [0.3, 0.4) is 0 Å². The molecule has 0 saturated heterocycles. The Hall–Kier alpha value is -2.15. The number of hydrogen-bond donors (Lipinski definition) is 2. The number of aromatic nitrogens is 1. The summed E-state index contributed by atoms with van der Waals surface area (Å²) in [6.07, 6.45) is 0. The molecule has 0 unspecified atom stereocenters. The van der Waals surface area contributed by atoms with Crippen LogP contribution in [-0.4, -0.2) is 16.0 Å². The van der Waals surface area contributed by atoms with Crippen molar-refractivity contribution in [2.45, 2.75) is 6.92 Å². The molecule has 104 valence electrons. The molecule has 0 aliphatic carbocycles. The molecular weight excluding hydrogens is 329 g/mol. The smallest absolute Gasteiger partial charge is 0.220 e. The molecule has 0 fully saturated rings. The Balaban J connectivity index is 2.33. The molecule has 5 nitrogen and oxygen atoms in total. The van der Waals surface area contributed by atoms with Gasteiger partial charge in [-0.1, -0.05) is 5.16 Å². The Morgan fingerprint density at radius 1 is 1.40 bits per heavy atom. The second-order valence-corrected chi connectivity index (χ2v) is 4.85. The number of nitrogens with two attached hydrogens (primary N) is 1. The van der Waals surface area contributed by atoms with E-state index in [1.54, 1.807) is 19.1 Å². The molecule has 2 aromatic rings. The predicted molar refractivity (Wildman–Crippen MR) is 75.7 cm³/mol. The normalized spacial score (nSPS) is 11.4. The lowest BCUT2D eigenvalue weighted by molar-refractivity contribution is 0.318. The van der Waals surface area contributed by atoms with Crippen molar-refractivity contribution >= 4 is 21.8 Å². The van der Waals surface area contributed by atoms with Crippen LogP contribution in [0.1, 0.15) is 11.3 Å². The summed E-state index contributed by atoms with van der Waals surface area (Å²) in [6.45, 7) is 1.74. The molecule has 0 radical (unpaired) electrons. The lowest BCUT2D eigenvalue weighted by Gasteiger charge is -2.08. The predicted octanol–water partition coefficient (Wildman–Crippen LogP) is 3.18. The molecule has 0 amide bonds. The van der Waals surface area contributed by atoms with Crippen molar-refractivity contribution in [3.05, 3.63) is 51.9 Å². The average Bonchev–Trinajstić information content (AvgIpc) is 2.41. The second-order valence-electron chi connectivity index (χ2n) is 4.00. The number of halogens is 2. The number of rotatable bonds is 3. The molecule has 0 spiro atoms. The van der Waals surface area contributed by atoms with Gasteiger partial charge < -0.3 is 15.7 Å².